The van der Waals surface area contributed by atoms with Crippen LogP contribution in [0.5, 0.6) is 5.75 Å². The lowest BCUT2D eigenvalue weighted by Gasteiger charge is -2.25. The number of hydrogen-bond donors (Lipinski definition) is 1. The Morgan fingerprint density at radius 2 is 1.96 bits per heavy atom. The molecule has 0 spiro atoms. The summed E-state index contributed by atoms with van der Waals surface area (Å²) < 4.78 is 5.40. The molecule has 2 aromatic rings. The maximum atomic E-state index is 12.4. The molecule has 0 aromatic heterocycles. The molecule has 0 aliphatic carbocycles. The molecule has 1 aliphatic heterocycles. The summed E-state index contributed by atoms with van der Waals surface area (Å²) in [4.78, 5) is 26.3. The number of methoxy groups -OCH3 is 1. The van der Waals surface area contributed by atoms with Crippen molar-refractivity contribution < 1.29 is 14.3 Å². The fraction of sp³-hybridized carbons (Fsp3) is 0.263. The number of hydrogen-bond acceptors (Lipinski definition) is 4. The highest BCUT2D eigenvalue weighted by Gasteiger charge is 2.35. The zero-order valence-corrected chi connectivity index (χ0v) is 15.0. The van der Waals surface area contributed by atoms with Gasteiger partial charge in [0.05, 0.1) is 12.9 Å². The number of nitrogens with one attached hydrogen (secondary N) is 1. The van der Waals surface area contributed by atoms with Crippen LogP contribution in [0.3, 0.4) is 0 Å². The summed E-state index contributed by atoms with van der Waals surface area (Å²) in [6.07, 6.45) is 0. The first kappa shape index (κ1) is 17.4. The predicted octanol–water partition coefficient (Wildman–Crippen LogP) is 3.22. The highest BCUT2D eigenvalue weighted by Crippen LogP contribution is 2.42. The molecule has 1 atom stereocenters. The van der Waals surface area contributed by atoms with Crippen molar-refractivity contribution in [3.8, 4) is 5.75 Å². The molecule has 1 saturated heterocycles. The highest BCUT2D eigenvalue weighted by atomic mass is 32.2. The molecule has 130 valence electrons. The number of carbonyl (C=O) groups is 2. The molecule has 2 aromatic carbocycles. The summed E-state index contributed by atoms with van der Waals surface area (Å²) in [6.45, 7) is 2.01. The molecular formula is C19H20N2O3S. The molecular weight excluding hydrogens is 336 g/mol. The normalized spacial score (nSPS) is 16.8. The number of nitrogens with zero attached hydrogens (tertiary/aromatic N) is 1. The molecule has 5 nitrogen and oxygen atoms in total. The van der Waals surface area contributed by atoms with Gasteiger partial charge in [-0.1, -0.05) is 35.9 Å². The fourth-order valence-electron chi connectivity index (χ4n) is 2.75. The van der Waals surface area contributed by atoms with E-state index in [-0.39, 0.29) is 23.7 Å². The van der Waals surface area contributed by atoms with Crippen molar-refractivity contribution in [2.45, 2.75) is 12.3 Å². The minimum Gasteiger partial charge on any atom is -0.496 e. The first-order valence-corrected chi connectivity index (χ1v) is 9.04. The molecule has 6 heteroatoms. The van der Waals surface area contributed by atoms with Gasteiger partial charge >= 0.3 is 0 Å². The van der Waals surface area contributed by atoms with Gasteiger partial charge in [0.2, 0.25) is 11.8 Å². The van der Waals surface area contributed by atoms with Crippen LogP contribution in [0.2, 0.25) is 0 Å². The van der Waals surface area contributed by atoms with Gasteiger partial charge in [-0.05, 0) is 25.1 Å². The van der Waals surface area contributed by atoms with Crippen LogP contribution < -0.4 is 10.1 Å². The first-order chi connectivity index (χ1) is 12.1. The van der Waals surface area contributed by atoms with Crippen molar-refractivity contribution in [3.05, 3.63) is 59.7 Å². The minimum atomic E-state index is -0.215. The molecule has 0 unspecified atom stereocenters. The van der Waals surface area contributed by atoms with Crippen LogP contribution in [0.4, 0.5) is 5.69 Å². The van der Waals surface area contributed by atoms with Gasteiger partial charge in [0.1, 0.15) is 17.7 Å². The highest BCUT2D eigenvalue weighted by molar-refractivity contribution is 8.00. The van der Waals surface area contributed by atoms with Gasteiger partial charge in [0.25, 0.3) is 0 Å². The average molecular weight is 356 g/mol. The minimum absolute atomic E-state index is 0.0163. The Hall–Kier alpha value is -2.47. The third-order valence-electron chi connectivity index (χ3n) is 4.02. The molecule has 25 heavy (non-hydrogen) atoms. The molecule has 1 fully saturated rings. The van der Waals surface area contributed by atoms with E-state index in [1.165, 1.54) is 11.8 Å². The largest absolute Gasteiger partial charge is 0.496 e. The standard InChI is InChI=1S/C19H20N2O3S/c1-13-7-9-14(10-8-13)20-17(22)11-21-18(23)12-25-19(21)15-5-3-4-6-16(15)24-2/h3-10,19H,11-12H2,1-2H3,(H,20,22)/t19-/m0/s1. The van der Waals surface area contributed by atoms with Crippen LogP contribution >= 0.6 is 11.8 Å². The van der Waals surface area contributed by atoms with Crippen LogP contribution in [0, 0.1) is 6.92 Å². The van der Waals surface area contributed by atoms with Crippen molar-refractivity contribution >= 4 is 29.3 Å². The monoisotopic (exact) mass is 356 g/mol. The molecule has 1 N–H and O–H groups in total. The topological polar surface area (TPSA) is 58.6 Å². The van der Waals surface area contributed by atoms with Crippen molar-refractivity contribution in [1.82, 2.24) is 4.90 Å². The number of thioether (sulfide) groups is 1. The number of benzene rings is 2. The number of aryl methyl sites for hydroxylation is 1. The molecule has 2 amide bonds. The van der Waals surface area contributed by atoms with E-state index in [4.69, 9.17) is 4.74 Å². The van der Waals surface area contributed by atoms with Gasteiger partial charge in [-0.25, -0.2) is 0 Å². The molecule has 3 rings (SSSR count). The quantitative estimate of drug-likeness (QED) is 0.894. The van der Waals surface area contributed by atoms with Crippen LogP contribution in [-0.2, 0) is 9.59 Å². The Morgan fingerprint density at radius 1 is 1.24 bits per heavy atom. The van der Waals surface area contributed by atoms with Crippen molar-refractivity contribution in [3.63, 3.8) is 0 Å². The van der Waals surface area contributed by atoms with E-state index in [1.807, 2.05) is 55.5 Å². The average Bonchev–Trinajstić information content (AvgIpc) is 2.97. The Labute approximate surface area is 151 Å². The summed E-state index contributed by atoms with van der Waals surface area (Å²) in [7, 11) is 1.61. The number of amides is 2. The maximum absolute atomic E-state index is 12.4. The fourth-order valence-corrected chi connectivity index (χ4v) is 3.96. The van der Waals surface area contributed by atoms with E-state index in [0.29, 0.717) is 5.75 Å². The smallest absolute Gasteiger partial charge is 0.244 e. The number of para-hydroxylation sites is 1. The van der Waals surface area contributed by atoms with E-state index in [0.717, 1.165) is 22.6 Å². The number of carbonyl (C=O) groups excluding carboxylic acids is 2. The molecule has 1 aliphatic rings. The van der Waals surface area contributed by atoms with Gasteiger partial charge < -0.3 is 15.0 Å². The summed E-state index contributed by atoms with van der Waals surface area (Å²) in [5.74, 6) is 0.832. The summed E-state index contributed by atoms with van der Waals surface area (Å²) in [6, 6.07) is 15.2. The first-order valence-electron chi connectivity index (χ1n) is 7.99. The maximum Gasteiger partial charge on any atom is 0.244 e. The van der Waals surface area contributed by atoms with Gasteiger partial charge in [-0.15, -0.1) is 11.8 Å². The van der Waals surface area contributed by atoms with Gasteiger partial charge in [-0.3, -0.25) is 9.59 Å². The van der Waals surface area contributed by atoms with E-state index in [2.05, 4.69) is 5.32 Å². The van der Waals surface area contributed by atoms with E-state index in [9.17, 15) is 9.59 Å². The van der Waals surface area contributed by atoms with Gasteiger partial charge in [0, 0.05) is 11.3 Å². The van der Waals surface area contributed by atoms with Gasteiger partial charge in [-0.2, -0.15) is 0 Å². The van der Waals surface area contributed by atoms with Crippen LogP contribution in [0.15, 0.2) is 48.5 Å². The predicted molar refractivity (Wildman–Crippen MR) is 99.7 cm³/mol. The van der Waals surface area contributed by atoms with Gasteiger partial charge in [0.15, 0.2) is 0 Å². The second-order valence-corrected chi connectivity index (χ2v) is 6.91. The van der Waals surface area contributed by atoms with Crippen LogP contribution in [0.1, 0.15) is 16.5 Å². The molecule has 1 heterocycles. The molecule has 0 saturated carbocycles. The second kappa shape index (κ2) is 7.61. The summed E-state index contributed by atoms with van der Waals surface area (Å²) >= 11 is 1.51. The van der Waals surface area contributed by atoms with Crippen LogP contribution in [-0.4, -0.2) is 36.1 Å². The summed E-state index contributed by atoms with van der Waals surface area (Å²) in [5.41, 5.74) is 2.76. The second-order valence-electron chi connectivity index (χ2n) is 5.84. The lowest BCUT2D eigenvalue weighted by atomic mass is 10.2. The lowest BCUT2D eigenvalue weighted by Crippen LogP contribution is -2.36. The Morgan fingerprint density at radius 3 is 2.68 bits per heavy atom. The molecule has 0 bridgehead atoms. The third-order valence-corrected chi connectivity index (χ3v) is 5.26. The van der Waals surface area contributed by atoms with Crippen molar-refractivity contribution in [2.24, 2.45) is 0 Å². The Balaban J connectivity index is 1.73. The SMILES string of the molecule is COc1ccccc1[C@@H]1SCC(=O)N1CC(=O)Nc1ccc(C)cc1. The Bertz CT molecular complexity index is 776. The zero-order chi connectivity index (χ0) is 17.8. The molecule has 0 radical (unpaired) electrons. The van der Waals surface area contributed by atoms with Crippen molar-refractivity contribution in [2.75, 3.05) is 24.7 Å². The van der Waals surface area contributed by atoms with E-state index >= 15 is 0 Å². The number of ether oxygens (including phenoxy) is 1. The zero-order valence-electron chi connectivity index (χ0n) is 14.2. The van der Waals surface area contributed by atoms with Crippen molar-refractivity contribution in [1.29, 1.82) is 0 Å². The third kappa shape index (κ3) is 3.96. The van der Waals surface area contributed by atoms with E-state index in [1.54, 1.807) is 12.0 Å². The van der Waals surface area contributed by atoms with E-state index < -0.39 is 0 Å². The summed E-state index contributed by atoms with van der Waals surface area (Å²) in [5, 5.41) is 2.63. The number of anilines is 1. The Kier molecular flexibility index (Phi) is 5.28. The van der Waals surface area contributed by atoms with Crippen LogP contribution in [0.25, 0.3) is 0 Å². The lowest BCUT2D eigenvalue weighted by molar-refractivity contribution is -0.132. The number of rotatable bonds is 5.